The fraction of sp³-hybridized carbons (Fsp3) is 0.324. The molecule has 0 aliphatic carbocycles. The van der Waals surface area contributed by atoms with Gasteiger partial charge in [0.05, 0.1) is 18.1 Å². The van der Waals surface area contributed by atoms with E-state index in [1.807, 2.05) is 84.9 Å². The number of rotatable bonds is 16. The lowest BCUT2D eigenvalue weighted by molar-refractivity contribution is -0.136. The molecule has 49 heavy (non-hydrogen) atoms. The van der Waals surface area contributed by atoms with Crippen LogP contribution in [0.2, 0.25) is 0 Å². The fourth-order valence-electron chi connectivity index (χ4n) is 5.69. The molecule has 0 saturated carbocycles. The molecule has 0 unspecified atom stereocenters. The van der Waals surface area contributed by atoms with Gasteiger partial charge in [0.15, 0.2) is 0 Å². The maximum absolute atomic E-state index is 13.9. The predicted octanol–water partition coefficient (Wildman–Crippen LogP) is 4.52. The van der Waals surface area contributed by atoms with Crippen molar-refractivity contribution in [3.63, 3.8) is 0 Å². The Bertz CT molecular complexity index is 1810. The maximum Gasteiger partial charge on any atom is 0.407 e. The maximum atomic E-state index is 13.9. The van der Waals surface area contributed by atoms with Crippen molar-refractivity contribution in [3.8, 4) is 0 Å². The normalized spacial score (nSPS) is 15.1. The number of fused-ring (bicyclic) bond motifs is 1. The van der Waals surface area contributed by atoms with Crippen LogP contribution in [0.25, 0.3) is 10.8 Å². The smallest absolute Gasteiger partial charge is 0.407 e. The van der Waals surface area contributed by atoms with E-state index in [1.165, 1.54) is 6.07 Å². The molecule has 0 bridgehead atoms. The van der Waals surface area contributed by atoms with Crippen molar-refractivity contribution in [3.05, 3.63) is 114 Å². The van der Waals surface area contributed by atoms with Crippen molar-refractivity contribution in [2.75, 3.05) is 26.2 Å². The highest BCUT2D eigenvalue weighted by atomic mass is 32.2. The van der Waals surface area contributed by atoms with Crippen LogP contribution in [-0.4, -0.2) is 69.6 Å². The molecule has 3 N–H and O–H groups in total. The minimum Gasteiger partial charge on any atom is -0.445 e. The fourth-order valence-corrected chi connectivity index (χ4v) is 6.90. The van der Waals surface area contributed by atoms with Crippen molar-refractivity contribution < 1.29 is 32.3 Å². The quantitative estimate of drug-likeness (QED) is 0.147. The van der Waals surface area contributed by atoms with Gasteiger partial charge in [-0.15, -0.1) is 0 Å². The number of hydrogen-bond donors (Lipinski definition) is 3. The Hall–Kier alpha value is -4.78. The van der Waals surface area contributed by atoms with Gasteiger partial charge in [-0.1, -0.05) is 91.0 Å². The lowest BCUT2D eigenvalue weighted by Gasteiger charge is -2.29. The third-order valence-electron chi connectivity index (χ3n) is 8.28. The summed E-state index contributed by atoms with van der Waals surface area (Å²) < 4.78 is 40.8. The first-order valence-electron chi connectivity index (χ1n) is 16.4. The molecule has 0 spiro atoms. The number of ether oxygens (including phenoxy) is 2. The molecule has 1 heterocycles. The molecular weight excluding hydrogens is 644 g/mol. The van der Waals surface area contributed by atoms with Crippen LogP contribution >= 0.6 is 0 Å². The summed E-state index contributed by atoms with van der Waals surface area (Å²) in [5, 5.41) is 7.21. The largest absolute Gasteiger partial charge is 0.445 e. The molecule has 12 heteroatoms. The number of hydrogen-bond acceptors (Lipinski definition) is 7. The molecule has 0 radical (unpaired) electrons. The molecule has 4 aromatic rings. The van der Waals surface area contributed by atoms with Gasteiger partial charge in [-0.2, -0.15) is 4.72 Å². The number of benzene rings is 4. The Balaban J connectivity index is 1.14. The first-order valence-corrected chi connectivity index (χ1v) is 17.9. The Morgan fingerprint density at radius 1 is 0.816 bits per heavy atom. The lowest BCUT2D eigenvalue weighted by atomic mass is 10.1. The minimum absolute atomic E-state index is 0.0521. The van der Waals surface area contributed by atoms with Gasteiger partial charge in [-0.25, -0.2) is 13.2 Å². The molecule has 1 aliphatic heterocycles. The Morgan fingerprint density at radius 3 is 2.22 bits per heavy atom. The SMILES string of the molecule is O=C(CCCNC(=O)OCc1ccccc1)NC[C@@H]1CCCN1C(=O)[C@H](COCc1ccccc1)NS(=O)(=O)c1ccc2ccccc2c1. The Morgan fingerprint density at radius 2 is 1.49 bits per heavy atom. The van der Waals surface area contributed by atoms with Gasteiger partial charge >= 0.3 is 6.09 Å². The van der Waals surface area contributed by atoms with Gasteiger partial charge < -0.3 is 25.0 Å². The third kappa shape index (κ3) is 10.6. The summed E-state index contributed by atoms with van der Waals surface area (Å²) in [6.45, 7) is 1.14. The second-order valence-corrected chi connectivity index (χ2v) is 13.6. The lowest BCUT2D eigenvalue weighted by Crippen LogP contribution is -2.53. The predicted molar refractivity (Wildman–Crippen MR) is 186 cm³/mol. The van der Waals surface area contributed by atoms with E-state index in [0.29, 0.717) is 19.4 Å². The van der Waals surface area contributed by atoms with Crippen LogP contribution in [0.1, 0.15) is 36.8 Å². The van der Waals surface area contributed by atoms with Crippen molar-refractivity contribution in [1.29, 1.82) is 0 Å². The summed E-state index contributed by atoms with van der Waals surface area (Å²) >= 11 is 0. The van der Waals surface area contributed by atoms with Crippen LogP contribution in [0.3, 0.4) is 0 Å². The standard InChI is InChI=1S/C37H42N4O7S/c42-35(18-9-21-38-37(44)48-26-29-13-5-2-6-14-29)39-24-32-17-10-22-41(32)36(43)34(27-47-25-28-11-3-1-4-12-28)40-49(45,46)33-20-19-30-15-7-8-16-31(30)23-33/h1-8,11-16,19-20,23,32,34,40H,9-10,17-18,21-22,24-27H2,(H,38,44)(H,39,42)/t32-,34-/m0/s1. The van der Waals surface area contributed by atoms with E-state index in [2.05, 4.69) is 15.4 Å². The first-order chi connectivity index (χ1) is 23.8. The van der Waals surface area contributed by atoms with Gasteiger partial charge in [-0.3, -0.25) is 9.59 Å². The molecule has 1 saturated heterocycles. The highest BCUT2D eigenvalue weighted by Crippen LogP contribution is 2.22. The van der Waals surface area contributed by atoms with E-state index in [4.69, 9.17) is 9.47 Å². The Labute approximate surface area is 287 Å². The van der Waals surface area contributed by atoms with Crippen LogP contribution < -0.4 is 15.4 Å². The highest BCUT2D eigenvalue weighted by molar-refractivity contribution is 7.89. The number of sulfonamides is 1. The summed E-state index contributed by atoms with van der Waals surface area (Å²) in [6, 6.07) is 29.6. The molecule has 2 atom stereocenters. The van der Waals surface area contributed by atoms with Gasteiger partial charge in [0.25, 0.3) is 0 Å². The van der Waals surface area contributed by atoms with Gasteiger partial charge in [-0.05, 0) is 53.3 Å². The second-order valence-electron chi connectivity index (χ2n) is 11.9. The Kier molecular flexibility index (Phi) is 12.7. The minimum atomic E-state index is -4.09. The van der Waals surface area contributed by atoms with Gasteiger partial charge in [0.1, 0.15) is 12.6 Å². The van der Waals surface area contributed by atoms with E-state index in [9.17, 15) is 22.8 Å². The van der Waals surface area contributed by atoms with Crippen molar-refractivity contribution in [1.82, 2.24) is 20.3 Å². The van der Waals surface area contributed by atoms with Crippen molar-refractivity contribution in [2.24, 2.45) is 0 Å². The van der Waals surface area contributed by atoms with Crippen LogP contribution in [-0.2, 0) is 42.3 Å². The molecule has 0 aromatic heterocycles. The summed E-state index contributed by atoms with van der Waals surface area (Å²) in [5.74, 6) is -0.620. The topological polar surface area (TPSA) is 143 Å². The van der Waals surface area contributed by atoms with Crippen LogP contribution in [0, 0.1) is 0 Å². The molecule has 1 aliphatic rings. The van der Waals surface area contributed by atoms with E-state index in [-0.39, 0.29) is 56.2 Å². The van der Waals surface area contributed by atoms with Crippen LogP contribution in [0.4, 0.5) is 4.79 Å². The zero-order valence-electron chi connectivity index (χ0n) is 27.3. The van der Waals surface area contributed by atoms with Crippen molar-refractivity contribution >= 4 is 38.7 Å². The summed E-state index contributed by atoms with van der Waals surface area (Å²) in [5.41, 5.74) is 1.77. The van der Waals surface area contributed by atoms with E-state index < -0.39 is 28.1 Å². The zero-order valence-corrected chi connectivity index (χ0v) is 28.1. The molecule has 11 nitrogen and oxygen atoms in total. The highest BCUT2D eigenvalue weighted by Gasteiger charge is 2.35. The van der Waals surface area contributed by atoms with Gasteiger partial charge in [0, 0.05) is 32.1 Å². The molecule has 4 aromatic carbocycles. The molecule has 258 valence electrons. The number of alkyl carbamates (subject to hydrolysis) is 1. The average Bonchev–Trinajstić information content (AvgIpc) is 3.60. The average molecular weight is 687 g/mol. The monoisotopic (exact) mass is 686 g/mol. The number of amides is 3. The molecular formula is C37H42N4O7S. The van der Waals surface area contributed by atoms with Crippen molar-refractivity contribution in [2.45, 2.75) is 55.9 Å². The van der Waals surface area contributed by atoms with E-state index >= 15 is 0 Å². The zero-order chi connectivity index (χ0) is 34.5. The molecule has 3 amide bonds. The number of likely N-dealkylation sites (tertiary alicyclic amines) is 1. The molecule has 1 fully saturated rings. The first kappa shape index (κ1) is 35.5. The summed E-state index contributed by atoms with van der Waals surface area (Å²) in [7, 11) is -4.09. The number of carbonyl (C=O) groups excluding carboxylic acids is 3. The number of nitrogens with one attached hydrogen (secondary N) is 3. The van der Waals surface area contributed by atoms with E-state index in [1.54, 1.807) is 17.0 Å². The second kappa shape index (κ2) is 17.6. The van der Waals surface area contributed by atoms with Crippen LogP contribution in [0.15, 0.2) is 108 Å². The molecule has 5 rings (SSSR count). The third-order valence-corrected chi connectivity index (χ3v) is 9.75. The van der Waals surface area contributed by atoms with Gasteiger partial charge in [0.2, 0.25) is 21.8 Å². The van der Waals surface area contributed by atoms with Crippen LogP contribution in [0.5, 0.6) is 0 Å². The number of carbonyl (C=O) groups is 3. The van der Waals surface area contributed by atoms with E-state index in [0.717, 1.165) is 28.3 Å². The summed E-state index contributed by atoms with van der Waals surface area (Å²) in [4.78, 5) is 40.2. The number of nitrogens with zero attached hydrogens (tertiary/aromatic N) is 1. The summed E-state index contributed by atoms with van der Waals surface area (Å²) in [6.07, 6.45) is 1.42.